The molecule has 0 aliphatic heterocycles. The molecule has 0 saturated heterocycles. The summed E-state index contributed by atoms with van der Waals surface area (Å²) in [6, 6.07) is 1.21. The average molecular weight is 304 g/mol. The van der Waals surface area contributed by atoms with Gasteiger partial charge in [0, 0.05) is 30.3 Å². The third-order valence-corrected chi connectivity index (χ3v) is 7.83. The SMILES string of the molecule is CCCCP(=O)(N(C(C)C)C(C)C)N(C(C)C)C(C)C. The Morgan fingerprint density at radius 3 is 1.25 bits per heavy atom. The van der Waals surface area contributed by atoms with Crippen molar-refractivity contribution < 1.29 is 4.57 Å². The summed E-state index contributed by atoms with van der Waals surface area (Å²) in [5.74, 6) is 0. The van der Waals surface area contributed by atoms with E-state index in [0.29, 0.717) is 24.2 Å². The molecular formula is C16H37N2OP. The van der Waals surface area contributed by atoms with Crippen molar-refractivity contribution in [3.8, 4) is 0 Å². The van der Waals surface area contributed by atoms with Gasteiger partial charge in [0.15, 0.2) is 0 Å². The molecule has 0 aliphatic carbocycles. The molecule has 0 N–H and O–H groups in total. The second-order valence-corrected chi connectivity index (χ2v) is 9.58. The van der Waals surface area contributed by atoms with E-state index in [1.54, 1.807) is 0 Å². The van der Waals surface area contributed by atoms with Crippen LogP contribution in [0.5, 0.6) is 0 Å². The molecule has 122 valence electrons. The summed E-state index contributed by atoms with van der Waals surface area (Å²) in [6.07, 6.45) is 2.93. The van der Waals surface area contributed by atoms with Crippen LogP contribution >= 0.6 is 7.44 Å². The molecule has 0 atom stereocenters. The first-order valence-electron chi connectivity index (χ1n) is 8.26. The highest BCUT2D eigenvalue weighted by Crippen LogP contribution is 2.58. The van der Waals surface area contributed by atoms with Crippen molar-refractivity contribution in [3.05, 3.63) is 0 Å². The second-order valence-electron chi connectivity index (χ2n) is 6.88. The minimum atomic E-state index is -2.51. The summed E-state index contributed by atoms with van der Waals surface area (Å²) in [5.41, 5.74) is 0. The van der Waals surface area contributed by atoms with Gasteiger partial charge >= 0.3 is 0 Å². The first kappa shape index (κ1) is 20.1. The van der Waals surface area contributed by atoms with Gasteiger partial charge in [0.05, 0.1) is 0 Å². The predicted octanol–water partition coefficient (Wildman–Crippen LogP) is 5.22. The first-order chi connectivity index (χ1) is 9.09. The van der Waals surface area contributed by atoms with Crippen LogP contribution in [0.2, 0.25) is 0 Å². The zero-order valence-electron chi connectivity index (χ0n) is 15.2. The Kier molecular flexibility index (Phi) is 8.62. The van der Waals surface area contributed by atoms with E-state index in [9.17, 15) is 4.57 Å². The van der Waals surface area contributed by atoms with Crippen LogP contribution in [0.25, 0.3) is 0 Å². The van der Waals surface area contributed by atoms with Crippen molar-refractivity contribution in [2.75, 3.05) is 6.16 Å². The van der Waals surface area contributed by atoms with E-state index in [1.807, 2.05) is 0 Å². The molecule has 20 heavy (non-hydrogen) atoms. The Morgan fingerprint density at radius 1 is 0.750 bits per heavy atom. The van der Waals surface area contributed by atoms with E-state index >= 15 is 0 Å². The molecule has 3 nitrogen and oxygen atoms in total. The largest absolute Gasteiger partial charge is 0.289 e. The highest BCUT2D eigenvalue weighted by molar-refractivity contribution is 7.59. The van der Waals surface area contributed by atoms with Crippen LogP contribution < -0.4 is 0 Å². The molecular weight excluding hydrogens is 267 g/mol. The second kappa shape index (κ2) is 8.56. The van der Waals surface area contributed by atoms with Crippen LogP contribution in [0.1, 0.15) is 75.2 Å². The Hall–Kier alpha value is 0.150. The van der Waals surface area contributed by atoms with E-state index in [-0.39, 0.29) is 0 Å². The zero-order chi connectivity index (χ0) is 16.1. The minimum Gasteiger partial charge on any atom is -0.289 e. The fourth-order valence-electron chi connectivity index (χ4n) is 3.35. The van der Waals surface area contributed by atoms with E-state index in [0.717, 1.165) is 19.0 Å². The topological polar surface area (TPSA) is 23.6 Å². The van der Waals surface area contributed by atoms with Crippen LogP contribution in [0.15, 0.2) is 0 Å². The molecule has 0 unspecified atom stereocenters. The average Bonchev–Trinajstić information content (AvgIpc) is 2.23. The van der Waals surface area contributed by atoms with Crippen molar-refractivity contribution in [1.82, 2.24) is 9.34 Å². The molecule has 0 aliphatic rings. The Balaban J connectivity index is 5.73. The number of unbranched alkanes of at least 4 members (excludes halogenated alkanes) is 1. The van der Waals surface area contributed by atoms with Crippen molar-refractivity contribution >= 4 is 7.44 Å². The van der Waals surface area contributed by atoms with Crippen LogP contribution in [-0.2, 0) is 4.57 Å². The third-order valence-electron chi connectivity index (χ3n) is 3.64. The van der Waals surface area contributed by atoms with Gasteiger partial charge in [0.1, 0.15) is 0 Å². The van der Waals surface area contributed by atoms with Gasteiger partial charge in [-0.25, -0.2) is 9.34 Å². The standard InChI is InChI=1S/C16H37N2OP/c1-10-11-12-20(19,17(13(2)3)14(4)5)18(15(6)7)16(8)9/h13-16H,10-12H2,1-9H3. The van der Waals surface area contributed by atoms with E-state index in [1.165, 1.54) is 0 Å². The van der Waals surface area contributed by atoms with Gasteiger partial charge in [0.2, 0.25) is 7.44 Å². The maximum Gasteiger partial charge on any atom is 0.217 e. The zero-order valence-corrected chi connectivity index (χ0v) is 16.1. The monoisotopic (exact) mass is 304 g/mol. The summed E-state index contributed by atoms with van der Waals surface area (Å²) in [4.78, 5) is 0. The molecule has 0 amide bonds. The van der Waals surface area contributed by atoms with Crippen LogP contribution in [0, 0.1) is 0 Å². The van der Waals surface area contributed by atoms with Gasteiger partial charge in [-0.1, -0.05) is 13.3 Å². The molecule has 0 aromatic rings. The maximum atomic E-state index is 14.0. The normalized spacial score (nSPS) is 13.8. The summed E-state index contributed by atoms with van der Waals surface area (Å²) >= 11 is 0. The molecule has 0 heterocycles. The molecule has 0 fully saturated rings. The quantitative estimate of drug-likeness (QED) is 0.546. The van der Waals surface area contributed by atoms with Gasteiger partial charge in [-0.3, -0.25) is 4.57 Å². The molecule has 0 aromatic carbocycles. The fourth-order valence-corrected chi connectivity index (χ4v) is 7.67. The molecule has 0 radical (unpaired) electrons. The van der Waals surface area contributed by atoms with Gasteiger partial charge < -0.3 is 0 Å². The van der Waals surface area contributed by atoms with E-state index in [4.69, 9.17) is 0 Å². The molecule has 0 rings (SSSR count). The summed E-state index contributed by atoms with van der Waals surface area (Å²) < 4.78 is 18.5. The van der Waals surface area contributed by atoms with Gasteiger partial charge in [-0.2, -0.15) is 0 Å². The lowest BCUT2D eigenvalue weighted by molar-refractivity contribution is 0.224. The highest BCUT2D eigenvalue weighted by atomic mass is 31.2. The molecule has 0 spiro atoms. The minimum absolute atomic E-state index is 0.303. The van der Waals surface area contributed by atoms with Crippen molar-refractivity contribution in [2.24, 2.45) is 0 Å². The van der Waals surface area contributed by atoms with Crippen molar-refractivity contribution in [1.29, 1.82) is 0 Å². The Morgan fingerprint density at radius 2 is 1.05 bits per heavy atom. The van der Waals surface area contributed by atoms with E-state index in [2.05, 4.69) is 71.7 Å². The number of hydrogen-bond donors (Lipinski definition) is 0. The smallest absolute Gasteiger partial charge is 0.217 e. The Bertz CT molecular complexity index is 274. The van der Waals surface area contributed by atoms with Crippen molar-refractivity contribution in [3.63, 3.8) is 0 Å². The van der Waals surface area contributed by atoms with Gasteiger partial charge in [0.25, 0.3) is 0 Å². The molecule has 0 bridgehead atoms. The summed E-state index contributed by atoms with van der Waals surface area (Å²) in [6.45, 7) is 19.5. The van der Waals surface area contributed by atoms with Gasteiger partial charge in [-0.15, -0.1) is 0 Å². The number of hydrogen-bond acceptors (Lipinski definition) is 1. The lowest BCUT2D eigenvalue weighted by Crippen LogP contribution is -2.45. The highest BCUT2D eigenvalue weighted by Gasteiger charge is 2.41. The number of nitrogens with zero attached hydrogens (tertiary/aromatic N) is 2. The fraction of sp³-hybridized carbons (Fsp3) is 1.00. The lowest BCUT2D eigenvalue weighted by atomic mass is 10.3. The van der Waals surface area contributed by atoms with Crippen LogP contribution in [0.3, 0.4) is 0 Å². The van der Waals surface area contributed by atoms with Crippen LogP contribution in [-0.4, -0.2) is 39.7 Å². The predicted molar refractivity (Wildman–Crippen MR) is 91.6 cm³/mol. The first-order valence-corrected chi connectivity index (χ1v) is 10.1. The maximum absolute atomic E-state index is 14.0. The van der Waals surface area contributed by atoms with Crippen LogP contribution in [0.4, 0.5) is 0 Å². The lowest BCUT2D eigenvalue weighted by Gasteiger charge is -2.47. The Labute approximate surface area is 127 Å². The molecule has 4 heteroatoms. The van der Waals surface area contributed by atoms with Crippen molar-refractivity contribution in [2.45, 2.75) is 99.3 Å². The molecule has 0 saturated carbocycles. The third kappa shape index (κ3) is 4.86. The molecule has 0 aromatic heterocycles. The summed E-state index contributed by atoms with van der Waals surface area (Å²) in [5, 5.41) is 0. The van der Waals surface area contributed by atoms with Gasteiger partial charge in [-0.05, 0) is 61.8 Å². The van der Waals surface area contributed by atoms with E-state index < -0.39 is 7.44 Å². The number of rotatable bonds is 9. The summed E-state index contributed by atoms with van der Waals surface area (Å²) in [7, 11) is -2.51.